The predicted molar refractivity (Wildman–Crippen MR) is 150 cm³/mol. The van der Waals surface area contributed by atoms with Crippen LogP contribution in [0.5, 0.6) is 17.2 Å². The number of amides is 1. The number of nitrogens with zero attached hydrogens (tertiary/aromatic N) is 3. The highest BCUT2D eigenvalue weighted by Crippen LogP contribution is 2.42. The van der Waals surface area contributed by atoms with Gasteiger partial charge in [0.05, 0.1) is 31.7 Å². The van der Waals surface area contributed by atoms with Gasteiger partial charge >= 0.3 is 0 Å². The van der Waals surface area contributed by atoms with E-state index in [4.69, 9.17) is 18.6 Å². The third-order valence-electron chi connectivity index (χ3n) is 7.11. The van der Waals surface area contributed by atoms with Crippen LogP contribution in [0.4, 0.5) is 11.5 Å². The molecule has 5 rings (SSSR count). The Morgan fingerprint density at radius 1 is 1.10 bits per heavy atom. The van der Waals surface area contributed by atoms with Gasteiger partial charge in [0, 0.05) is 42.9 Å². The number of hydrogen-bond donors (Lipinski definition) is 1. The largest absolute Gasteiger partial charge is 0.495 e. The zero-order chi connectivity index (χ0) is 27.5. The monoisotopic (exact) mass is 528 g/mol. The number of fused-ring (bicyclic) bond motifs is 1. The third kappa shape index (κ3) is 5.12. The fraction of sp³-hybridized carbons (Fsp3) is 0.300. The van der Waals surface area contributed by atoms with Gasteiger partial charge in [-0.2, -0.15) is 0 Å². The molecule has 9 nitrogen and oxygen atoms in total. The van der Waals surface area contributed by atoms with Crippen LogP contribution in [0.25, 0.3) is 22.2 Å². The highest BCUT2D eigenvalue weighted by atomic mass is 16.5. The molecule has 1 saturated heterocycles. The first-order valence-electron chi connectivity index (χ1n) is 12.8. The van der Waals surface area contributed by atoms with Crippen LogP contribution in [-0.4, -0.2) is 54.2 Å². The number of aromatic nitrogens is 2. The number of aryl methyl sites for hydroxylation is 1. The zero-order valence-corrected chi connectivity index (χ0v) is 22.6. The van der Waals surface area contributed by atoms with Crippen molar-refractivity contribution in [3.05, 3.63) is 66.7 Å². The Morgan fingerprint density at radius 2 is 1.87 bits per heavy atom. The van der Waals surface area contributed by atoms with Gasteiger partial charge < -0.3 is 28.8 Å². The SMILES string of the molecule is C=CC(=O)N1CCC(Oc2cc3c(Nc4c(OC)cc(C)c(-c5ccco5)c4C)ncnc3cc2OC)CC1. The number of ether oxygens (including phenoxy) is 3. The van der Waals surface area contributed by atoms with Crippen molar-refractivity contribution in [2.45, 2.75) is 32.8 Å². The van der Waals surface area contributed by atoms with Gasteiger partial charge in [0.2, 0.25) is 5.91 Å². The van der Waals surface area contributed by atoms with Crippen molar-refractivity contribution in [3.8, 4) is 28.6 Å². The molecule has 4 aromatic rings. The Balaban J connectivity index is 1.50. The van der Waals surface area contributed by atoms with Crippen LogP contribution < -0.4 is 19.5 Å². The van der Waals surface area contributed by atoms with Crippen molar-refractivity contribution in [2.75, 3.05) is 32.6 Å². The molecule has 2 aromatic heterocycles. The van der Waals surface area contributed by atoms with Crippen LogP contribution in [0.3, 0.4) is 0 Å². The molecule has 39 heavy (non-hydrogen) atoms. The number of anilines is 2. The summed E-state index contributed by atoms with van der Waals surface area (Å²) in [6.45, 7) is 8.88. The quantitative estimate of drug-likeness (QED) is 0.286. The number of hydrogen-bond acceptors (Lipinski definition) is 8. The summed E-state index contributed by atoms with van der Waals surface area (Å²) in [7, 11) is 3.26. The fourth-order valence-corrected chi connectivity index (χ4v) is 5.10. The lowest BCUT2D eigenvalue weighted by Gasteiger charge is -2.31. The maximum atomic E-state index is 12.0. The van der Waals surface area contributed by atoms with Gasteiger partial charge in [-0.3, -0.25) is 4.79 Å². The number of carbonyl (C=O) groups is 1. The van der Waals surface area contributed by atoms with Crippen LogP contribution in [0.2, 0.25) is 0 Å². The molecule has 0 unspecified atom stereocenters. The number of methoxy groups -OCH3 is 2. The minimum Gasteiger partial charge on any atom is -0.495 e. The lowest BCUT2D eigenvalue weighted by molar-refractivity contribution is -0.127. The topological polar surface area (TPSA) is 99.0 Å². The third-order valence-corrected chi connectivity index (χ3v) is 7.11. The van der Waals surface area contributed by atoms with E-state index in [0.717, 1.165) is 33.5 Å². The summed E-state index contributed by atoms with van der Waals surface area (Å²) in [5.41, 5.74) is 4.50. The van der Waals surface area contributed by atoms with Gasteiger partial charge in [-0.25, -0.2) is 9.97 Å². The van der Waals surface area contributed by atoms with Crippen LogP contribution >= 0.6 is 0 Å². The number of rotatable bonds is 8. The molecule has 1 N–H and O–H groups in total. The molecule has 0 spiro atoms. The van der Waals surface area contributed by atoms with Gasteiger partial charge in [-0.1, -0.05) is 6.58 Å². The van der Waals surface area contributed by atoms with Gasteiger partial charge in [-0.05, 0) is 55.3 Å². The summed E-state index contributed by atoms with van der Waals surface area (Å²) in [5, 5.41) is 4.26. The Labute approximate surface area is 227 Å². The normalized spacial score (nSPS) is 13.8. The second-order valence-corrected chi connectivity index (χ2v) is 9.46. The first kappa shape index (κ1) is 26.1. The van der Waals surface area contributed by atoms with Crippen molar-refractivity contribution in [3.63, 3.8) is 0 Å². The van der Waals surface area contributed by atoms with Crippen LogP contribution in [-0.2, 0) is 4.79 Å². The van der Waals surface area contributed by atoms with Crippen molar-refractivity contribution in [1.29, 1.82) is 0 Å². The molecule has 3 heterocycles. The molecule has 0 radical (unpaired) electrons. The first-order chi connectivity index (χ1) is 18.9. The number of benzene rings is 2. The van der Waals surface area contributed by atoms with E-state index in [2.05, 4.69) is 21.9 Å². The Morgan fingerprint density at radius 3 is 2.54 bits per heavy atom. The van der Waals surface area contributed by atoms with Crippen molar-refractivity contribution < 1.29 is 23.4 Å². The van der Waals surface area contributed by atoms with Crippen molar-refractivity contribution in [2.24, 2.45) is 0 Å². The summed E-state index contributed by atoms with van der Waals surface area (Å²) in [6, 6.07) is 9.55. The van der Waals surface area contributed by atoms with Gasteiger partial charge in [-0.15, -0.1) is 0 Å². The van der Waals surface area contributed by atoms with Crippen molar-refractivity contribution in [1.82, 2.24) is 14.9 Å². The summed E-state index contributed by atoms with van der Waals surface area (Å²) >= 11 is 0. The number of carbonyl (C=O) groups excluding carboxylic acids is 1. The number of likely N-dealkylation sites (tertiary alicyclic amines) is 1. The second-order valence-electron chi connectivity index (χ2n) is 9.46. The molecule has 1 aliphatic heterocycles. The standard InChI is InChI=1S/C30H32N4O5/c1-6-27(35)34-11-9-20(10-12-34)39-25-15-21-22(16-24(25)36-4)31-17-32-30(21)33-29-19(3)28(23-8-7-13-38-23)18(2)14-26(29)37-5/h6-8,13-17,20H,1,9-12H2,2-5H3,(H,31,32,33). The maximum Gasteiger partial charge on any atom is 0.245 e. The van der Waals surface area contributed by atoms with Gasteiger partial charge in [0.25, 0.3) is 0 Å². The fourth-order valence-electron chi connectivity index (χ4n) is 5.10. The highest BCUT2D eigenvalue weighted by Gasteiger charge is 2.24. The summed E-state index contributed by atoms with van der Waals surface area (Å²) in [4.78, 5) is 22.8. The summed E-state index contributed by atoms with van der Waals surface area (Å²) < 4.78 is 23.5. The van der Waals surface area contributed by atoms with E-state index in [-0.39, 0.29) is 12.0 Å². The van der Waals surface area contributed by atoms with Crippen LogP contribution in [0.15, 0.2) is 60.0 Å². The number of nitrogens with one attached hydrogen (secondary N) is 1. The van der Waals surface area contributed by atoms with E-state index < -0.39 is 0 Å². The van der Waals surface area contributed by atoms with Crippen molar-refractivity contribution >= 4 is 28.3 Å². The Kier molecular flexibility index (Phi) is 7.40. The molecule has 202 valence electrons. The molecule has 9 heteroatoms. The molecule has 0 atom stereocenters. The summed E-state index contributed by atoms with van der Waals surface area (Å²) in [5.74, 6) is 3.21. The molecule has 1 fully saturated rings. The lowest BCUT2D eigenvalue weighted by atomic mass is 9.98. The Bertz CT molecular complexity index is 1510. The maximum absolute atomic E-state index is 12.0. The molecule has 2 aromatic carbocycles. The number of furan rings is 1. The molecule has 0 aliphatic carbocycles. The smallest absolute Gasteiger partial charge is 0.245 e. The number of piperidine rings is 1. The van der Waals surface area contributed by atoms with Crippen LogP contribution in [0, 0.1) is 13.8 Å². The summed E-state index contributed by atoms with van der Waals surface area (Å²) in [6.07, 6.45) is 5.91. The van der Waals surface area contributed by atoms with Crippen LogP contribution in [0.1, 0.15) is 24.0 Å². The van der Waals surface area contributed by atoms with E-state index in [1.807, 2.05) is 44.2 Å². The van der Waals surface area contributed by atoms with Gasteiger partial charge in [0.1, 0.15) is 29.8 Å². The highest BCUT2D eigenvalue weighted by molar-refractivity contribution is 5.94. The molecule has 1 amide bonds. The van der Waals surface area contributed by atoms with E-state index >= 15 is 0 Å². The molecular formula is C30H32N4O5. The molecule has 0 saturated carbocycles. The molecule has 1 aliphatic rings. The first-order valence-corrected chi connectivity index (χ1v) is 12.8. The lowest BCUT2D eigenvalue weighted by Crippen LogP contribution is -2.41. The molecule has 0 bridgehead atoms. The Hall–Kier alpha value is -4.53. The van der Waals surface area contributed by atoms with E-state index in [1.165, 1.54) is 12.4 Å². The van der Waals surface area contributed by atoms with E-state index in [1.54, 1.807) is 25.4 Å². The van der Waals surface area contributed by atoms with E-state index in [0.29, 0.717) is 54.5 Å². The zero-order valence-electron chi connectivity index (χ0n) is 22.6. The van der Waals surface area contributed by atoms with E-state index in [9.17, 15) is 4.79 Å². The second kappa shape index (κ2) is 11.1. The average Bonchev–Trinajstić information content (AvgIpc) is 3.48. The van der Waals surface area contributed by atoms with Gasteiger partial charge in [0.15, 0.2) is 11.5 Å². The minimum absolute atomic E-state index is 0.0540. The molecular weight excluding hydrogens is 496 g/mol. The average molecular weight is 529 g/mol. The minimum atomic E-state index is -0.0541. The predicted octanol–water partition coefficient (Wildman–Crippen LogP) is 5.82.